The molecule has 0 unspecified atom stereocenters. The summed E-state index contributed by atoms with van der Waals surface area (Å²) in [4.78, 5) is 48.1. The van der Waals surface area contributed by atoms with Gasteiger partial charge in [0.25, 0.3) is 17.2 Å². The molecule has 5 rings (SSSR count). The highest BCUT2D eigenvalue weighted by atomic mass is 16.2. The molecule has 1 aliphatic rings. The van der Waals surface area contributed by atoms with E-state index < -0.39 is 11.7 Å². The van der Waals surface area contributed by atoms with E-state index in [1.807, 2.05) is 32.0 Å². The van der Waals surface area contributed by atoms with Gasteiger partial charge in [0.15, 0.2) is 0 Å². The molecule has 9 heteroatoms. The van der Waals surface area contributed by atoms with Gasteiger partial charge in [0, 0.05) is 35.2 Å². The summed E-state index contributed by atoms with van der Waals surface area (Å²) in [6, 6.07) is 10.5. The first kappa shape index (κ1) is 19.9. The van der Waals surface area contributed by atoms with Crippen molar-refractivity contribution in [3.63, 3.8) is 0 Å². The number of para-hydroxylation sites is 1. The number of rotatable bonds is 6. The number of hydrogen-bond donors (Lipinski definition) is 3. The highest BCUT2D eigenvalue weighted by Gasteiger charge is 2.29. The van der Waals surface area contributed by atoms with Crippen LogP contribution in [0, 0.1) is 0 Å². The Morgan fingerprint density at radius 3 is 2.72 bits per heavy atom. The summed E-state index contributed by atoms with van der Waals surface area (Å²) in [6.45, 7) is 3.87. The van der Waals surface area contributed by atoms with E-state index in [0.717, 1.165) is 24.1 Å². The summed E-state index contributed by atoms with van der Waals surface area (Å²) in [7, 11) is 0. The molecule has 9 nitrogen and oxygen atoms in total. The van der Waals surface area contributed by atoms with Gasteiger partial charge in [0.05, 0.1) is 17.0 Å². The number of carbonyl (C=O) groups is 2. The lowest BCUT2D eigenvalue weighted by molar-refractivity contribution is -0.112. The van der Waals surface area contributed by atoms with E-state index in [0.29, 0.717) is 22.6 Å². The van der Waals surface area contributed by atoms with Crippen LogP contribution in [-0.2, 0) is 4.79 Å². The highest BCUT2D eigenvalue weighted by Crippen LogP contribution is 2.40. The molecule has 0 aliphatic heterocycles. The Kier molecular flexibility index (Phi) is 4.73. The van der Waals surface area contributed by atoms with Crippen molar-refractivity contribution in [1.82, 2.24) is 24.7 Å². The minimum absolute atomic E-state index is 0.0380. The van der Waals surface area contributed by atoms with Gasteiger partial charge in [0.1, 0.15) is 5.82 Å². The molecular weight excluding hydrogens is 408 g/mol. The zero-order chi connectivity index (χ0) is 22.4. The van der Waals surface area contributed by atoms with E-state index in [4.69, 9.17) is 0 Å². The van der Waals surface area contributed by atoms with Gasteiger partial charge in [-0.25, -0.2) is 4.98 Å². The van der Waals surface area contributed by atoms with Crippen molar-refractivity contribution in [3.05, 3.63) is 69.9 Å². The smallest absolute Gasteiger partial charge is 0.298 e. The molecule has 4 aromatic rings. The molecule has 32 heavy (non-hydrogen) atoms. The van der Waals surface area contributed by atoms with Crippen LogP contribution >= 0.6 is 0 Å². The minimum Gasteiger partial charge on any atom is -0.360 e. The average molecular weight is 430 g/mol. The zero-order valence-electron chi connectivity index (χ0n) is 17.7. The summed E-state index contributed by atoms with van der Waals surface area (Å²) < 4.78 is 1.39. The van der Waals surface area contributed by atoms with E-state index in [1.54, 1.807) is 12.1 Å². The number of hydrogen-bond acceptors (Lipinski definition) is 5. The number of benzene rings is 1. The predicted molar refractivity (Wildman–Crippen MR) is 119 cm³/mol. The van der Waals surface area contributed by atoms with Crippen LogP contribution in [-0.4, -0.2) is 36.4 Å². The Hall–Kier alpha value is -4.01. The van der Waals surface area contributed by atoms with E-state index in [9.17, 15) is 14.4 Å². The van der Waals surface area contributed by atoms with Crippen molar-refractivity contribution in [1.29, 1.82) is 0 Å². The standard InChI is InChI=1S/C23H22N6O3/c1-12(2)17-10-20(30)27-23(25-17)29-19(9-18(28-29)13-7-8-13)26-22(32)21(31)15-11-24-16-6-4-3-5-14(15)16/h3-6,9-13,24H,7-8H2,1-2H3,(H,26,32)(H,25,27,30). The van der Waals surface area contributed by atoms with Crippen LogP contribution in [0.4, 0.5) is 5.82 Å². The lowest BCUT2D eigenvalue weighted by atomic mass is 10.1. The topological polar surface area (TPSA) is 126 Å². The van der Waals surface area contributed by atoms with Gasteiger partial charge in [-0.05, 0) is 24.8 Å². The third-order valence-corrected chi connectivity index (χ3v) is 5.55. The molecule has 0 atom stereocenters. The molecule has 3 aromatic heterocycles. The van der Waals surface area contributed by atoms with Gasteiger partial charge in [-0.2, -0.15) is 9.78 Å². The molecule has 1 saturated carbocycles. The maximum atomic E-state index is 12.9. The summed E-state index contributed by atoms with van der Waals surface area (Å²) in [5.41, 5.74) is 2.16. The monoisotopic (exact) mass is 430 g/mol. The fourth-order valence-electron chi connectivity index (χ4n) is 3.64. The summed E-state index contributed by atoms with van der Waals surface area (Å²) in [6.07, 6.45) is 3.55. The Bertz CT molecular complexity index is 1410. The van der Waals surface area contributed by atoms with Crippen LogP contribution in [0.15, 0.2) is 47.4 Å². The van der Waals surface area contributed by atoms with Crippen LogP contribution in [0.5, 0.6) is 0 Å². The number of H-pyrrole nitrogens is 2. The van der Waals surface area contributed by atoms with Gasteiger partial charge in [-0.3, -0.25) is 19.4 Å². The molecule has 0 saturated heterocycles. The fourth-order valence-corrected chi connectivity index (χ4v) is 3.64. The average Bonchev–Trinajstić information content (AvgIpc) is 3.40. The molecule has 0 bridgehead atoms. The van der Waals surface area contributed by atoms with Crippen molar-refractivity contribution < 1.29 is 9.59 Å². The lowest BCUT2D eigenvalue weighted by Gasteiger charge is -2.10. The third-order valence-electron chi connectivity index (χ3n) is 5.55. The maximum absolute atomic E-state index is 12.9. The normalized spacial score (nSPS) is 13.6. The largest absolute Gasteiger partial charge is 0.360 e. The number of fused-ring (bicyclic) bond motifs is 1. The van der Waals surface area contributed by atoms with Gasteiger partial charge in [-0.15, -0.1) is 0 Å². The van der Waals surface area contributed by atoms with Gasteiger partial charge in [0.2, 0.25) is 5.95 Å². The predicted octanol–water partition coefficient (Wildman–Crippen LogP) is 3.26. The number of amides is 1. The molecule has 1 aromatic carbocycles. The molecule has 1 fully saturated rings. The van der Waals surface area contributed by atoms with Crippen molar-refractivity contribution >= 4 is 28.4 Å². The number of Topliss-reactive ketones (excluding diaryl/α,β-unsaturated/α-hetero) is 1. The number of aromatic amines is 2. The van der Waals surface area contributed by atoms with Crippen LogP contribution in [0.25, 0.3) is 16.9 Å². The second-order valence-electron chi connectivity index (χ2n) is 8.32. The number of nitrogens with one attached hydrogen (secondary N) is 3. The Labute approximate surface area is 182 Å². The molecule has 1 amide bonds. The van der Waals surface area contributed by atoms with Crippen molar-refractivity contribution in [3.8, 4) is 5.95 Å². The summed E-state index contributed by atoms with van der Waals surface area (Å²) >= 11 is 0. The highest BCUT2D eigenvalue weighted by molar-refractivity contribution is 6.48. The van der Waals surface area contributed by atoms with Crippen LogP contribution in [0.1, 0.15) is 60.3 Å². The molecule has 3 N–H and O–H groups in total. The first-order valence-electron chi connectivity index (χ1n) is 10.5. The van der Waals surface area contributed by atoms with E-state index in [2.05, 4.69) is 25.4 Å². The number of nitrogens with zero attached hydrogens (tertiary/aromatic N) is 3. The van der Waals surface area contributed by atoms with Crippen LogP contribution in [0.2, 0.25) is 0 Å². The second kappa shape index (κ2) is 7.60. The summed E-state index contributed by atoms with van der Waals surface area (Å²) in [5, 5.41) is 7.91. The molecule has 0 radical (unpaired) electrons. The van der Waals surface area contributed by atoms with Gasteiger partial charge in [-0.1, -0.05) is 32.0 Å². The SMILES string of the molecule is CC(C)c1cc(=O)[nH]c(-n2nc(C3CC3)cc2NC(=O)C(=O)c2c[nH]c3ccccc23)n1. The fraction of sp³-hybridized carbons (Fsp3) is 0.261. The molecule has 162 valence electrons. The van der Waals surface area contributed by atoms with Crippen LogP contribution < -0.4 is 10.9 Å². The molecule has 1 aliphatic carbocycles. The van der Waals surface area contributed by atoms with Crippen molar-refractivity contribution in [2.45, 2.75) is 38.5 Å². The quantitative estimate of drug-likeness (QED) is 0.320. The zero-order valence-corrected chi connectivity index (χ0v) is 17.7. The third kappa shape index (κ3) is 3.62. The lowest BCUT2D eigenvalue weighted by Crippen LogP contribution is -2.25. The number of anilines is 1. The first-order valence-corrected chi connectivity index (χ1v) is 10.5. The number of carbonyl (C=O) groups excluding carboxylic acids is 2. The number of aromatic nitrogens is 5. The Morgan fingerprint density at radius 2 is 1.97 bits per heavy atom. The minimum atomic E-state index is -0.791. The second-order valence-corrected chi connectivity index (χ2v) is 8.32. The molecule has 0 spiro atoms. The van der Waals surface area contributed by atoms with Gasteiger partial charge >= 0.3 is 0 Å². The first-order chi connectivity index (χ1) is 15.4. The maximum Gasteiger partial charge on any atom is 0.298 e. The molecule has 3 heterocycles. The van der Waals surface area contributed by atoms with E-state index in [1.165, 1.54) is 16.9 Å². The Morgan fingerprint density at radius 1 is 1.19 bits per heavy atom. The number of ketones is 1. The summed E-state index contributed by atoms with van der Waals surface area (Å²) in [5.74, 6) is -0.634. The van der Waals surface area contributed by atoms with Crippen LogP contribution in [0.3, 0.4) is 0 Å². The van der Waals surface area contributed by atoms with E-state index >= 15 is 0 Å². The molecular formula is C23H22N6O3. The van der Waals surface area contributed by atoms with Gasteiger partial charge < -0.3 is 10.3 Å². The Balaban J connectivity index is 1.50. The van der Waals surface area contributed by atoms with Crippen molar-refractivity contribution in [2.75, 3.05) is 5.32 Å². The van der Waals surface area contributed by atoms with E-state index in [-0.39, 0.29) is 23.2 Å². The van der Waals surface area contributed by atoms with Crippen molar-refractivity contribution in [2.24, 2.45) is 0 Å².